The van der Waals surface area contributed by atoms with Crippen molar-refractivity contribution in [1.29, 1.82) is 0 Å². The summed E-state index contributed by atoms with van der Waals surface area (Å²) in [5.74, 6) is -0.299. The highest BCUT2D eigenvalue weighted by Crippen LogP contribution is 2.16. The summed E-state index contributed by atoms with van der Waals surface area (Å²) in [5.41, 5.74) is 0.939. The Labute approximate surface area is 99.2 Å². The van der Waals surface area contributed by atoms with Crippen LogP contribution < -0.4 is 10.6 Å². The van der Waals surface area contributed by atoms with Gasteiger partial charge in [-0.25, -0.2) is 0 Å². The number of nitrogens with one attached hydrogen (secondary N) is 2. The molecule has 0 aliphatic carbocycles. The second kappa shape index (κ2) is 5.95. The first-order chi connectivity index (χ1) is 8.04. The molecule has 6 nitrogen and oxygen atoms in total. The van der Waals surface area contributed by atoms with Crippen molar-refractivity contribution in [2.45, 2.75) is 6.92 Å². The summed E-state index contributed by atoms with van der Waals surface area (Å²) < 4.78 is 0. The van der Waals surface area contributed by atoms with Crippen LogP contribution in [0.5, 0.6) is 0 Å². The van der Waals surface area contributed by atoms with Crippen molar-refractivity contribution in [1.82, 2.24) is 10.6 Å². The van der Waals surface area contributed by atoms with Gasteiger partial charge >= 0.3 is 0 Å². The van der Waals surface area contributed by atoms with Gasteiger partial charge in [-0.2, -0.15) is 0 Å². The zero-order valence-electron chi connectivity index (χ0n) is 9.82. The molecule has 92 valence electrons. The minimum absolute atomic E-state index is 0.0660. The highest BCUT2D eigenvalue weighted by Gasteiger charge is 2.12. The predicted molar refractivity (Wildman–Crippen MR) is 64.1 cm³/mol. The molecule has 1 aromatic rings. The molecule has 6 heteroatoms. The summed E-state index contributed by atoms with van der Waals surface area (Å²) in [6.07, 6.45) is 0. The lowest BCUT2D eigenvalue weighted by molar-refractivity contribution is -0.384. The van der Waals surface area contributed by atoms with Crippen LogP contribution in [0.25, 0.3) is 0 Å². The molecule has 0 spiro atoms. The second-order valence-corrected chi connectivity index (χ2v) is 3.67. The van der Waals surface area contributed by atoms with E-state index >= 15 is 0 Å². The minimum atomic E-state index is -0.503. The van der Waals surface area contributed by atoms with Gasteiger partial charge in [-0.1, -0.05) is 0 Å². The van der Waals surface area contributed by atoms with Crippen LogP contribution in [-0.2, 0) is 0 Å². The van der Waals surface area contributed by atoms with Crippen molar-refractivity contribution in [3.63, 3.8) is 0 Å². The Bertz CT molecular complexity index is 432. The number of carbonyl (C=O) groups is 1. The topological polar surface area (TPSA) is 84.3 Å². The summed E-state index contributed by atoms with van der Waals surface area (Å²) >= 11 is 0. The Kier molecular flexibility index (Phi) is 4.59. The Balaban J connectivity index is 2.82. The van der Waals surface area contributed by atoms with Crippen LogP contribution in [0, 0.1) is 17.0 Å². The molecular formula is C11H15N3O3. The molecule has 17 heavy (non-hydrogen) atoms. The lowest BCUT2D eigenvalue weighted by Crippen LogP contribution is -2.30. The standard InChI is InChI=1S/C11H15N3O3/c1-8-5-9(7-10(6-8)14(16)17)11(15)13-4-3-12-2/h5-7,12H,3-4H2,1-2H3,(H,13,15). The van der Waals surface area contributed by atoms with Crippen LogP contribution >= 0.6 is 0 Å². The van der Waals surface area contributed by atoms with Crippen molar-refractivity contribution in [3.8, 4) is 0 Å². The molecule has 1 amide bonds. The SMILES string of the molecule is CNCCNC(=O)c1cc(C)cc([N+](=O)[O-])c1. The quantitative estimate of drug-likeness (QED) is 0.452. The van der Waals surface area contributed by atoms with Gasteiger partial charge in [-0.3, -0.25) is 14.9 Å². The maximum atomic E-state index is 11.7. The molecule has 0 aromatic heterocycles. The van der Waals surface area contributed by atoms with E-state index in [9.17, 15) is 14.9 Å². The zero-order chi connectivity index (χ0) is 12.8. The smallest absolute Gasteiger partial charge is 0.270 e. The van der Waals surface area contributed by atoms with Crippen molar-refractivity contribution < 1.29 is 9.72 Å². The van der Waals surface area contributed by atoms with Crippen LogP contribution in [0.2, 0.25) is 0 Å². The molecule has 0 aliphatic heterocycles. The number of non-ortho nitro benzene ring substituents is 1. The average molecular weight is 237 g/mol. The number of benzene rings is 1. The first-order valence-corrected chi connectivity index (χ1v) is 5.23. The fourth-order valence-corrected chi connectivity index (χ4v) is 1.40. The van der Waals surface area contributed by atoms with Gasteiger partial charge in [0.25, 0.3) is 11.6 Å². The van der Waals surface area contributed by atoms with Gasteiger partial charge < -0.3 is 10.6 Å². The Morgan fingerprint density at radius 1 is 1.35 bits per heavy atom. The van der Waals surface area contributed by atoms with Crippen LogP contribution in [0.1, 0.15) is 15.9 Å². The van der Waals surface area contributed by atoms with Crippen molar-refractivity contribution >= 4 is 11.6 Å². The molecule has 0 bridgehead atoms. The Morgan fingerprint density at radius 3 is 2.65 bits per heavy atom. The molecule has 1 rings (SSSR count). The van der Waals surface area contributed by atoms with E-state index in [1.807, 2.05) is 0 Å². The van der Waals surface area contributed by atoms with Crippen LogP contribution in [0.3, 0.4) is 0 Å². The van der Waals surface area contributed by atoms with E-state index in [2.05, 4.69) is 10.6 Å². The molecular weight excluding hydrogens is 222 g/mol. The summed E-state index contributed by atoms with van der Waals surface area (Å²) in [5, 5.41) is 16.2. The van der Waals surface area contributed by atoms with E-state index < -0.39 is 4.92 Å². The van der Waals surface area contributed by atoms with E-state index in [0.29, 0.717) is 24.2 Å². The summed E-state index contributed by atoms with van der Waals surface area (Å²) in [6.45, 7) is 2.86. The van der Waals surface area contributed by atoms with Crippen LogP contribution in [0.15, 0.2) is 18.2 Å². The van der Waals surface area contributed by atoms with Gasteiger partial charge in [0.2, 0.25) is 0 Å². The predicted octanol–water partition coefficient (Wildman–Crippen LogP) is 0.852. The molecule has 0 aliphatic rings. The maximum Gasteiger partial charge on any atom is 0.270 e. The highest BCUT2D eigenvalue weighted by molar-refractivity contribution is 5.95. The third-order valence-corrected chi connectivity index (χ3v) is 2.20. The number of hydrogen-bond acceptors (Lipinski definition) is 4. The van der Waals surface area contributed by atoms with E-state index in [1.165, 1.54) is 12.1 Å². The van der Waals surface area contributed by atoms with E-state index in [0.717, 1.165) is 0 Å². The number of nitrogens with zero attached hydrogens (tertiary/aromatic N) is 1. The third kappa shape index (κ3) is 3.84. The number of likely N-dealkylation sites (N-methyl/N-ethyl adjacent to an activating group) is 1. The average Bonchev–Trinajstić information content (AvgIpc) is 2.28. The maximum absolute atomic E-state index is 11.7. The molecule has 0 unspecified atom stereocenters. The van der Waals surface area contributed by atoms with Crippen molar-refractivity contribution in [2.75, 3.05) is 20.1 Å². The number of amides is 1. The molecule has 0 radical (unpaired) electrons. The fraction of sp³-hybridized carbons (Fsp3) is 0.364. The molecule has 0 heterocycles. The summed E-state index contributed by atoms with van der Waals surface area (Å²) in [7, 11) is 1.78. The van der Waals surface area contributed by atoms with E-state index in [-0.39, 0.29) is 11.6 Å². The molecule has 0 saturated carbocycles. The second-order valence-electron chi connectivity index (χ2n) is 3.67. The number of hydrogen-bond donors (Lipinski definition) is 2. The Morgan fingerprint density at radius 2 is 2.06 bits per heavy atom. The fourth-order valence-electron chi connectivity index (χ4n) is 1.40. The van der Waals surface area contributed by atoms with Crippen LogP contribution in [0.4, 0.5) is 5.69 Å². The summed E-state index contributed by atoms with van der Waals surface area (Å²) in [6, 6.07) is 4.34. The number of carbonyl (C=O) groups excluding carboxylic acids is 1. The number of aryl methyl sites for hydroxylation is 1. The first kappa shape index (κ1) is 13.1. The first-order valence-electron chi connectivity index (χ1n) is 5.23. The Hall–Kier alpha value is -1.95. The van der Waals surface area contributed by atoms with Gasteiger partial charge in [-0.05, 0) is 25.6 Å². The monoisotopic (exact) mass is 237 g/mol. The van der Waals surface area contributed by atoms with E-state index in [1.54, 1.807) is 20.0 Å². The van der Waals surface area contributed by atoms with Gasteiger partial charge in [0, 0.05) is 30.8 Å². The lowest BCUT2D eigenvalue weighted by Gasteiger charge is -2.05. The molecule has 1 aromatic carbocycles. The summed E-state index contributed by atoms with van der Waals surface area (Å²) in [4.78, 5) is 21.8. The molecule has 0 atom stereocenters. The van der Waals surface area contributed by atoms with E-state index in [4.69, 9.17) is 0 Å². The number of nitro groups is 1. The number of rotatable bonds is 5. The van der Waals surface area contributed by atoms with Gasteiger partial charge in [0.1, 0.15) is 0 Å². The normalized spacial score (nSPS) is 10.0. The van der Waals surface area contributed by atoms with Gasteiger partial charge in [0.15, 0.2) is 0 Å². The van der Waals surface area contributed by atoms with Gasteiger partial charge in [-0.15, -0.1) is 0 Å². The molecule has 0 saturated heterocycles. The van der Waals surface area contributed by atoms with Crippen molar-refractivity contribution in [2.24, 2.45) is 0 Å². The molecule has 2 N–H and O–H groups in total. The largest absolute Gasteiger partial charge is 0.351 e. The highest BCUT2D eigenvalue weighted by atomic mass is 16.6. The van der Waals surface area contributed by atoms with Crippen molar-refractivity contribution in [3.05, 3.63) is 39.4 Å². The zero-order valence-corrected chi connectivity index (χ0v) is 9.82. The third-order valence-electron chi connectivity index (χ3n) is 2.20. The number of nitro benzene ring substituents is 1. The minimum Gasteiger partial charge on any atom is -0.351 e. The van der Waals surface area contributed by atoms with Gasteiger partial charge in [0.05, 0.1) is 4.92 Å². The van der Waals surface area contributed by atoms with Crippen LogP contribution in [-0.4, -0.2) is 31.0 Å². The molecule has 0 fully saturated rings. The lowest BCUT2D eigenvalue weighted by atomic mass is 10.1.